The van der Waals surface area contributed by atoms with Crippen molar-refractivity contribution in [3.8, 4) is 12.3 Å². The minimum atomic E-state index is -0.330. The standard InChI is InChI=1S/C16H24N2O2/c1-2-3-8-11-17-14-12-15(19)18(16(14)20)13-9-6-4-5-7-10-13/h1,13-14,17H,3-12H2. The molecule has 4 nitrogen and oxygen atoms in total. The van der Waals surface area contributed by atoms with Gasteiger partial charge in [0.05, 0.1) is 12.5 Å². The van der Waals surface area contributed by atoms with Crippen LogP contribution in [0.25, 0.3) is 0 Å². The van der Waals surface area contributed by atoms with E-state index in [2.05, 4.69) is 11.2 Å². The van der Waals surface area contributed by atoms with Crippen molar-refractivity contribution in [3.63, 3.8) is 0 Å². The SMILES string of the molecule is C#CCCCNC1CC(=O)N(C2CCCCCC2)C1=O. The van der Waals surface area contributed by atoms with Crippen molar-refractivity contribution in [1.82, 2.24) is 10.2 Å². The van der Waals surface area contributed by atoms with Gasteiger partial charge in [-0.15, -0.1) is 12.3 Å². The Morgan fingerprint density at radius 1 is 1.20 bits per heavy atom. The Hall–Kier alpha value is -1.34. The Morgan fingerprint density at radius 3 is 2.55 bits per heavy atom. The third-order valence-corrected chi connectivity index (χ3v) is 4.26. The zero-order chi connectivity index (χ0) is 14.4. The summed E-state index contributed by atoms with van der Waals surface area (Å²) >= 11 is 0. The van der Waals surface area contributed by atoms with Crippen LogP contribution in [0.5, 0.6) is 0 Å². The number of likely N-dealkylation sites (tertiary alicyclic amines) is 1. The number of carbonyl (C=O) groups excluding carboxylic acids is 2. The van der Waals surface area contributed by atoms with E-state index in [0.29, 0.717) is 19.4 Å². The smallest absolute Gasteiger partial charge is 0.247 e. The summed E-state index contributed by atoms with van der Waals surface area (Å²) < 4.78 is 0. The van der Waals surface area contributed by atoms with E-state index in [-0.39, 0.29) is 23.9 Å². The maximum atomic E-state index is 12.4. The van der Waals surface area contributed by atoms with Crippen LogP contribution in [0.3, 0.4) is 0 Å². The summed E-state index contributed by atoms with van der Waals surface area (Å²) in [7, 11) is 0. The van der Waals surface area contributed by atoms with Gasteiger partial charge in [0.15, 0.2) is 0 Å². The number of terminal acetylenes is 1. The van der Waals surface area contributed by atoms with Crippen molar-refractivity contribution in [3.05, 3.63) is 0 Å². The predicted molar refractivity (Wildman–Crippen MR) is 77.8 cm³/mol. The van der Waals surface area contributed by atoms with E-state index in [1.807, 2.05) is 0 Å². The zero-order valence-electron chi connectivity index (χ0n) is 12.1. The molecule has 2 rings (SSSR count). The first-order chi connectivity index (χ1) is 9.74. The highest BCUT2D eigenvalue weighted by molar-refractivity contribution is 6.05. The van der Waals surface area contributed by atoms with Gasteiger partial charge in [-0.25, -0.2) is 0 Å². The summed E-state index contributed by atoms with van der Waals surface area (Å²) in [6.07, 6.45) is 13.7. The fourth-order valence-corrected chi connectivity index (χ4v) is 3.18. The number of hydrogen-bond acceptors (Lipinski definition) is 3. The van der Waals surface area contributed by atoms with Gasteiger partial charge in [0.2, 0.25) is 11.8 Å². The third kappa shape index (κ3) is 3.61. The van der Waals surface area contributed by atoms with Crippen molar-refractivity contribution in [2.24, 2.45) is 0 Å². The summed E-state index contributed by atoms with van der Waals surface area (Å²) in [5, 5.41) is 3.17. The monoisotopic (exact) mass is 276 g/mol. The lowest BCUT2D eigenvalue weighted by atomic mass is 10.1. The number of amides is 2. The van der Waals surface area contributed by atoms with Crippen LogP contribution in [-0.2, 0) is 9.59 Å². The number of hydrogen-bond donors (Lipinski definition) is 1. The van der Waals surface area contributed by atoms with Crippen molar-refractivity contribution in [2.75, 3.05) is 6.54 Å². The Balaban J connectivity index is 1.89. The normalized spacial score (nSPS) is 24.8. The van der Waals surface area contributed by atoms with Gasteiger partial charge in [-0.3, -0.25) is 14.5 Å². The Bertz CT molecular complexity index is 392. The molecule has 1 unspecified atom stereocenters. The van der Waals surface area contributed by atoms with Gasteiger partial charge >= 0.3 is 0 Å². The Morgan fingerprint density at radius 2 is 1.90 bits per heavy atom. The number of unbranched alkanes of at least 4 members (excludes halogenated alkanes) is 1. The van der Waals surface area contributed by atoms with Crippen LogP contribution in [0.2, 0.25) is 0 Å². The fraction of sp³-hybridized carbons (Fsp3) is 0.750. The van der Waals surface area contributed by atoms with Gasteiger partial charge in [0.25, 0.3) is 0 Å². The van der Waals surface area contributed by atoms with E-state index >= 15 is 0 Å². The third-order valence-electron chi connectivity index (χ3n) is 4.26. The van der Waals surface area contributed by atoms with E-state index in [1.165, 1.54) is 12.8 Å². The molecule has 4 heteroatoms. The largest absolute Gasteiger partial charge is 0.305 e. The highest BCUT2D eigenvalue weighted by Crippen LogP contribution is 2.26. The highest BCUT2D eigenvalue weighted by Gasteiger charge is 2.41. The van der Waals surface area contributed by atoms with Crippen LogP contribution in [0.1, 0.15) is 57.8 Å². The van der Waals surface area contributed by atoms with Crippen LogP contribution in [0, 0.1) is 12.3 Å². The number of rotatable bonds is 5. The lowest BCUT2D eigenvalue weighted by Crippen LogP contribution is -2.44. The van der Waals surface area contributed by atoms with Gasteiger partial charge < -0.3 is 5.32 Å². The number of nitrogens with zero attached hydrogens (tertiary/aromatic N) is 1. The van der Waals surface area contributed by atoms with Crippen LogP contribution in [0.15, 0.2) is 0 Å². The summed E-state index contributed by atoms with van der Waals surface area (Å²) in [6.45, 7) is 0.701. The quantitative estimate of drug-likeness (QED) is 0.361. The first kappa shape index (κ1) is 15.1. The molecule has 0 spiro atoms. The second kappa shape index (κ2) is 7.44. The van der Waals surface area contributed by atoms with Crippen LogP contribution in [-0.4, -0.2) is 35.3 Å². The maximum absolute atomic E-state index is 12.4. The molecule has 2 amide bonds. The molecule has 0 aromatic rings. The molecule has 1 atom stereocenters. The molecule has 1 aliphatic carbocycles. The maximum Gasteiger partial charge on any atom is 0.247 e. The lowest BCUT2D eigenvalue weighted by molar-refractivity contribution is -0.141. The molecular formula is C16H24N2O2. The second-order valence-corrected chi connectivity index (χ2v) is 5.77. The van der Waals surface area contributed by atoms with E-state index in [1.54, 1.807) is 4.90 Å². The first-order valence-electron chi connectivity index (χ1n) is 7.77. The van der Waals surface area contributed by atoms with Crippen molar-refractivity contribution in [1.29, 1.82) is 0 Å². The van der Waals surface area contributed by atoms with Gasteiger partial charge in [-0.1, -0.05) is 25.7 Å². The molecule has 0 bridgehead atoms. The molecule has 0 aromatic heterocycles. The van der Waals surface area contributed by atoms with Gasteiger partial charge in [-0.2, -0.15) is 0 Å². The lowest BCUT2D eigenvalue weighted by Gasteiger charge is -2.25. The van der Waals surface area contributed by atoms with Crippen LogP contribution < -0.4 is 5.32 Å². The molecule has 1 aliphatic heterocycles. The molecule has 2 fully saturated rings. The van der Waals surface area contributed by atoms with Crippen LogP contribution >= 0.6 is 0 Å². The molecule has 1 heterocycles. The molecule has 1 N–H and O–H groups in total. The van der Waals surface area contributed by atoms with Crippen molar-refractivity contribution in [2.45, 2.75) is 69.9 Å². The first-order valence-corrected chi connectivity index (χ1v) is 7.77. The van der Waals surface area contributed by atoms with E-state index in [0.717, 1.165) is 32.1 Å². The minimum absolute atomic E-state index is 0.00338. The molecule has 20 heavy (non-hydrogen) atoms. The molecule has 2 aliphatic rings. The zero-order valence-corrected chi connectivity index (χ0v) is 12.1. The Kier molecular flexibility index (Phi) is 5.60. The van der Waals surface area contributed by atoms with Crippen molar-refractivity contribution >= 4 is 11.8 Å². The van der Waals surface area contributed by atoms with Gasteiger partial charge in [-0.05, 0) is 25.8 Å². The van der Waals surface area contributed by atoms with Gasteiger partial charge in [0, 0.05) is 12.5 Å². The summed E-state index contributed by atoms with van der Waals surface area (Å²) in [5.74, 6) is 2.55. The van der Waals surface area contributed by atoms with Crippen LogP contribution in [0.4, 0.5) is 0 Å². The summed E-state index contributed by atoms with van der Waals surface area (Å²) in [5.41, 5.74) is 0. The molecule has 110 valence electrons. The fourth-order valence-electron chi connectivity index (χ4n) is 3.18. The molecule has 0 radical (unpaired) electrons. The molecule has 0 aromatic carbocycles. The van der Waals surface area contributed by atoms with E-state index < -0.39 is 0 Å². The molecule has 1 saturated carbocycles. The highest BCUT2D eigenvalue weighted by atomic mass is 16.2. The number of imide groups is 1. The average molecular weight is 276 g/mol. The predicted octanol–water partition coefficient (Wildman–Crippen LogP) is 1.84. The Labute approximate surface area is 121 Å². The summed E-state index contributed by atoms with van der Waals surface area (Å²) in [4.78, 5) is 26.1. The average Bonchev–Trinajstić information content (AvgIpc) is 2.63. The van der Waals surface area contributed by atoms with Gasteiger partial charge in [0.1, 0.15) is 0 Å². The molecular weight excluding hydrogens is 252 g/mol. The van der Waals surface area contributed by atoms with Crippen molar-refractivity contribution < 1.29 is 9.59 Å². The van der Waals surface area contributed by atoms with E-state index in [4.69, 9.17) is 6.42 Å². The van der Waals surface area contributed by atoms with E-state index in [9.17, 15) is 9.59 Å². The second-order valence-electron chi connectivity index (χ2n) is 5.77. The topological polar surface area (TPSA) is 49.4 Å². The minimum Gasteiger partial charge on any atom is -0.305 e. The number of nitrogens with one attached hydrogen (secondary N) is 1. The summed E-state index contributed by atoms with van der Waals surface area (Å²) in [6, 6.07) is -0.196. The molecule has 1 saturated heterocycles. The number of carbonyl (C=O) groups is 2.